The Morgan fingerprint density at radius 3 is 2.56 bits per heavy atom. The van der Waals surface area contributed by atoms with E-state index in [-0.39, 0.29) is 30.9 Å². The van der Waals surface area contributed by atoms with Gasteiger partial charge in [0.2, 0.25) is 10.0 Å². The Labute approximate surface area is 191 Å². The van der Waals surface area contributed by atoms with Gasteiger partial charge < -0.3 is 9.84 Å². The van der Waals surface area contributed by atoms with Gasteiger partial charge in [0.1, 0.15) is 12.1 Å². The van der Waals surface area contributed by atoms with E-state index in [4.69, 9.17) is 4.74 Å². The molecule has 10 heteroatoms. The van der Waals surface area contributed by atoms with Gasteiger partial charge in [-0.25, -0.2) is 22.7 Å². The van der Waals surface area contributed by atoms with E-state index in [1.807, 2.05) is 30.3 Å². The fourth-order valence-electron chi connectivity index (χ4n) is 4.77. The SMILES string of the molecule is C[Si](C)(C)CCS(=O)(=O)NCC[C@H]1C[C@]2(C(=O)O)CC[C@H]1N2C(=O)OCc1ccccc1. The van der Waals surface area contributed by atoms with Crippen LogP contribution in [0.15, 0.2) is 30.3 Å². The predicted octanol–water partition coefficient (Wildman–Crippen LogP) is 3.28. The number of nitrogens with zero attached hydrogens (tertiary/aromatic N) is 1. The summed E-state index contributed by atoms with van der Waals surface area (Å²) >= 11 is 0. The first kappa shape index (κ1) is 24.7. The third-order valence-corrected chi connectivity index (χ3v) is 10.0. The molecule has 0 spiro atoms. The molecule has 1 aromatic carbocycles. The number of carboxylic acid groups (broad SMARTS) is 1. The number of hydrogen-bond donors (Lipinski definition) is 2. The van der Waals surface area contributed by atoms with E-state index >= 15 is 0 Å². The Hall–Kier alpha value is -1.91. The average Bonchev–Trinajstić information content (AvgIpc) is 3.26. The largest absolute Gasteiger partial charge is 0.479 e. The van der Waals surface area contributed by atoms with Crippen LogP contribution >= 0.6 is 0 Å². The third kappa shape index (κ3) is 5.71. The van der Waals surface area contributed by atoms with Crippen molar-refractivity contribution in [2.24, 2.45) is 5.92 Å². The van der Waals surface area contributed by atoms with Gasteiger partial charge in [0.15, 0.2) is 0 Å². The fourth-order valence-corrected chi connectivity index (χ4v) is 8.87. The summed E-state index contributed by atoms with van der Waals surface area (Å²) in [4.78, 5) is 26.5. The Balaban J connectivity index is 1.60. The Bertz CT molecular complexity index is 933. The molecule has 2 saturated heterocycles. The highest BCUT2D eigenvalue weighted by molar-refractivity contribution is 7.89. The minimum atomic E-state index is -3.36. The van der Waals surface area contributed by atoms with Gasteiger partial charge in [0, 0.05) is 20.7 Å². The molecule has 0 unspecified atom stereocenters. The zero-order valence-corrected chi connectivity index (χ0v) is 20.9. The van der Waals surface area contributed by atoms with Crippen LogP contribution in [0.5, 0.6) is 0 Å². The van der Waals surface area contributed by atoms with Crippen molar-refractivity contribution < 1.29 is 27.9 Å². The Kier molecular flexibility index (Phi) is 7.36. The Morgan fingerprint density at radius 1 is 1.25 bits per heavy atom. The molecule has 3 rings (SSSR count). The van der Waals surface area contributed by atoms with Crippen LogP contribution in [0.2, 0.25) is 25.7 Å². The molecule has 8 nitrogen and oxygen atoms in total. The molecule has 2 heterocycles. The zero-order chi connectivity index (χ0) is 23.6. The molecule has 3 atom stereocenters. The molecule has 2 aliphatic rings. The quantitative estimate of drug-likeness (QED) is 0.495. The van der Waals surface area contributed by atoms with Crippen molar-refractivity contribution in [2.75, 3.05) is 12.3 Å². The molecule has 0 saturated carbocycles. The lowest BCUT2D eigenvalue weighted by Crippen LogP contribution is -2.50. The zero-order valence-electron chi connectivity index (χ0n) is 19.0. The summed E-state index contributed by atoms with van der Waals surface area (Å²) in [5.74, 6) is -0.980. The van der Waals surface area contributed by atoms with Gasteiger partial charge in [0.25, 0.3) is 0 Å². The van der Waals surface area contributed by atoms with E-state index in [0.29, 0.717) is 31.7 Å². The van der Waals surface area contributed by atoms with E-state index < -0.39 is 35.7 Å². The van der Waals surface area contributed by atoms with Crippen LogP contribution in [-0.2, 0) is 26.2 Å². The van der Waals surface area contributed by atoms with Gasteiger partial charge in [-0.05, 0) is 43.2 Å². The first-order valence-corrected chi connectivity index (χ1v) is 16.5. The summed E-state index contributed by atoms with van der Waals surface area (Å²) in [5.41, 5.74) is -0.430. The second kappa shape index (κ2) is 9.52. The van der Waals surface area contributed by atoms with E-state index in [1.165, 1.54) is 4.90 Å². The predicted molar refractivity (Wildman–Crippen MR) is 125 cm³/mol. The normalized spacial score (nSPS) is 25.2. The highest BCUT2D eigenvalue weighted by Gasteiger charge is 2.63. The van der Waals surface area contributed by atoms with Gasteiger partial charge in [0.05, 0.1) is 5.75 Å². The van der Waals surface area contributed by atoms with Crippen LogP contribution in [0.4, 0.5) is 4.79 Å². The van der Waals surface area contributed by atoms with E-state index in [2.05, 4.69) is 24.4 Å². The number of carbonyl (C=O) groups is 2. The molecule has 1 aromatic rings. The van der Waals surface area contributed by atoms with Crippen LogP contribution in [0.25, 0.3) is 0 Å². The van der Waals surface area contributed by atoms with Crippen molar-refractivity contribution >= 4 is 30.2 Å². The monoisotopic (exact) mass is 482 g/mol. The number of ether oxygens (including phenoxy) is 1. The molecule has 2 aliphatic heterocycles. The van der Waals surface area contributed by atoms with Crippen LogP contribution in [0.3, 0.4) is 0 Å². The van der Waals surface area contributed by atoms with Crippen molar-refractivity contribution in [3.8, 4) is 0 Å². The number of aliphatic carboxylic acids is 1. The lowest BCUT2D eigenvalue weighted by atomic mass is 9.80. The molecule has 178 valence electrons. The number of rotatable bonds is 10. The van der Waals surface area contributed by atoms with Crippen LogP contribution < -0.4 is 4.72 Å². The van der Waals surface area contributed by atoms with Crippen molar-refractivity contribution in [2.45, 2.75) is 69.6 Å². The topological polar surface area (TPSA) is 113 Å². The maximum Gasteiger partial charge on any atom is 0.411 e. The second-order valence-corrected chi connectivity index (χ2v) is 17.7. The van der Waals surface area contributed by atoms with Crippen LogP contribution in [-0.4, -0.2) is 62.4 Å². The number of hydrogen-bond acceptors (Lipinski definition) is 5. The summed E-state index contributed by atoms with van der Waals surface area (Å²) in [5, 5.41) is 9.96. The summed E-state index contributed by atoms with van der Waals surface area (Å²) in [6.07, 6.45) is 1.18. The molecule has 2 bridgehead atoms. The summed E-state index contributed by atoms with van der Waals surface area (Å²) in [6.45, 7) is 6.73. The smallest absolute Gasteiger partial charge is 0.411 e. The number of sulfonamides is 1. The number of amides is 1. The lowest BCUT2D eigenvalue weighted by molar-refractivity contribution is -0.148. The average molecular weight is 483 g/mol. The third-order valence-electron chi connectivity index (χ3n) is 6.55. The molecule has 32 heavy (non-hydrogen) atoms. The maximum absolute atomic E-state index is 12.9. The molecule has 2 N–H and O–H groups in total. The summed E-state index contributed by atoms with van der Waals surface area (Å²) < 4.78 is 32.7. The second-order valence-electron chi connectivity index (χ2n) is 10.1. The molecular weight excluding hydrogens is 448 g/mol. The number of benzene rings is 1. The number of nitrogens with one attached hydrogen (secondary N) is 1. The first-order valence-electron chi connectivity index (χ1n) is 11.1. The van der Waals surface area contributed by atoms with Crippen molar-refractivity contribution in [3.63, 3.8) is 0 Å². The molecule has 0 aromatic heterocycles. The summed E-state index contributed by atoms with van der Waals surface area (Å²) in [6, 6.07) is 9.70. The molecule has 2 fully saturated rings. The molecule has 0 radical (unpaired) electrons. The molecule has 1 amide bonds. The summed E-state index contributed by atoms with van der Waals surface area (Å²) in [7, 11) is -4.82. The fraction of sp³-hybridized carbons (Fsp3) is 0.636. The van der Waals surface area contributed by atoms with E-state index in [1.54, 1.807) is 0 Å². The minimum Gasteiger partial charge on any atom is -0.479 e. The number of fused-ring (bicyclic) bond motifs is 2. The minimum absolute atomic E-state index is 0.0798. The van der Waals surface area contributed by atoms with Gasteiger partial charge in [-0.3, -0.25) is 4.90 Å². The maximum atomic E-state index is 12.9. The van der Waals surface area contributed by atoms with E-state index in [9.17, 15) is 23.1 Å². The lowest BCUT2D eigenvalue weighted by Gasteiger charge is -2.29. The van der Waals surface area contributed by atoms with Crippen molar-refractivity contribution in [1.82, 2.24) is 9.62 Å². The van der Waals surface area contributed by atoms with Crippen molar-refractivity contribution in [3.05, 3.63) is 35.9 Å². The standard InChI is InChI=1S/C22H34N2O6SSi/c1-32(2,3)14-13-31(28,29)23-12-10-18-15-22(20(25)26)11-9-19(18)24(22)21(27)30-16-17-7-5-4-6-8-17/h4-8,18-19,23H,9-16H2,1-3H3,(H,25,26)/t18-,19+,22-/m0/s1. The van der Waals surface area contributed by atoms with Crippen molar-refractivity contribution in [1.29, 1.82) is 0 Å². The Morgan fingerprint density at radius 2 is 1.94 bits per heavy atom. The number of carboxylic acids is 1. The highest BCUT2D eigenvalue weighted by Crippen LogP contribution is 2.51. The van der Waals surface area contributed by atoms with Gasteiger partial charge in [-0.2, -0.15) is 0 Å². The van der Waals surface area contributed by atoms with Gasteiger partial charge in [-0.1, -0.05) is 50.0 Å². The molecule has 0 aliphatic carbocycles. The number of carbonyl (C=O) groups excluding carboxylic acids is 1. The first-order chi connectivity index (χ1) is 14.9. The van der Waals surface area contributed by atoms with Gasteiger partial charge >= 0.3 is 12.1 Å². The van der Waals surface area contributed by atoms with E-state index in [0.717, 1.165) is 5.56 Å². The van der Waals surface area contributed by atoms with Crippen LogP contribution in [0, 0.1) is 5.92 Å². The van der Waals surface area contributed by atoms with Gasteiger partial charge in [-0.15, -0.1) is 0 Å². The molecular formula is C22H34N2O6SSi. The highest BCUT2D eigenvalue weighted by atomic mass is 32.2. The van der Waals surface area contributed by atoms with Crippen LogP contribution in [0.1, 0.15) is 31.2 Å².